The van der Waals surface area contributed by atoms with Gasteiger partial charge in [-0.1, -0.05) is 41.1 Å². The Morgan fingerprint density at radius 2 is 1.88 bits per heavy atom. The molecule has 0 unspecified atom stereocenters. The fraction of sp³-hybridized carbons (Fsp3) is 0.231. The maximum absolute atomic E-state index is 13.3. The summed E-state index contributed by atoms with van der Waals surface area (Å²) in [6.45, 7) is 3.82. The molecule has 0 atom stereocenters. The van der Waals surface area contributed by atoms with Crippen molar-refractivity contribution >= 4 is 36.7 Å². The molecule has 1 aromatic heterocycles. The average Bonchev–Trinajstić information content (AvgIpc) is 2.83. The van der Waals surface area contributed by atoms with Gasteiger partial charge in [-0.05, 0) is 72.0 Å². The van der Waals surface area contributed by atoms with E-state index in [1.807, 2.05) is 24.3 Å². The van der Waals surface area contributed by atoms with Crippen LogP contribution in [0.4, 0.5) is 0 Å². The van der Waals surface area contributed by atoms with Crippen molar-refractivity contribution in [3.05, 3.63) is 98.0 Å². The lowest BCUT2D eigenvalue weighted by Crippen LogP contribution is -2.32. The van der Waals surface area contributed by atoms with Crippen LogP contribution < -0.4 is 5.56 Å². The highest BCUT2D eigenvalue weighted by Gasteiger charge is 2.26. The van der Waals surface area contributed by atoms with Crippen LogP contribution in [0.25, 0.3) is 10.9 Å². The summed E-state index contributed by atoms with van der Waals surface area (Å²) in [4.78, 5) is 23.1. The fourth-order valence-electron chi connectivity index (χ4n) is 4.50. The van der Waals surface area contributed by atoms with Crippen LogP contribution in [0.1, 0.15) is 29.4 Å². The molecule has 1 N–H and O–H groups in total. The van der Waals surface area contributed by atoms with Crippen molar-refractivity contribution in [1.82, 2.24) is 14.9 Å². The highest BCUT2D eigenvalue weighted by Crippen LogP contribution is 2.31. The number of H-pyrrole nitrogens is 1. The van der Waals surface area contributed by atoms with E-state index in [2.05, 4.69) is 37.7 Å². The predicted molar refractivity (Wildman–Crippen MR) is 136 cm³/mol. The zero-order chi connectivity index (χ0) is 23.9. The molecule has 5 rings (SSSR count). The summed E-state index contributed by atoms with van der Waals surface area (Å²) in [5, 5.41) is 0.606. The minimum absolute atomic E-state index is 0.129. The van der Waals surface area contributed by atoms with Crippen molar-refractivity contribution in [1.29, 1.82) is 0 Å². The summed E-state index contributed by atoms with van der Waals surface area (Å²) in [6, 6.07) is 18.0. The Bertz CT molecular complexity index is 1550. The van der Waals surface area contributed by atoms with Crippen molar-refractivity contribution < 1.29 is 8.42 Å². The van der Waals surface area contributed by atoms with Crippen LogP contribution in [0.5, 0.6) is 0 Å². The molecule has 174 valence electrons. The molecule has 1 aliphatic heterocycles. The van der Waals surface area contributed by atoms with Crippen LogP contribution >= 0.6 is 15.9 Å². The maximum Gasteiger partial charge on any atom is 0.258 e. The quantitative estimate of drug-likeness (QED) is 0.401. The van der Waals surface area contributed by atoms with Crippen molar-refractivity contribution in [2.24, 2.45) is 0 Å². The van der Waals surface area contributed by atoms with Gasteiger partial charge in [-0.25, -0.2) is 13.4 Å². The van der Waals surface area contributed by atoms with Crippen molar-refractivity contribution in [3.63, 3.8) is 0 Å². The third kappa shape index (κ3) is 4.33. The van der Waals surface area contributed by atoms with Crippen molar-refractivity contribution in [3.8, 4) is 0 Å². The highest BCUT2D eigenvalue weighted by molar-refractivity contribution is 9.10. The lowest BCUT2D eigenvalue weighted by molar-refractivity contribution is 0.238. The zero-order valence-corrected chi connectivity index (χ0v) is 21.1. The van der Waals surface area contributed by atoms with Gasteiger partial charge in [0, 0.05) is 17.6 Å². The first-order chi connectivity index (χ1) is 16.3. The second-order valence-electron chi connectivity index (χ2n) is 8.53. The molecule has 0 spiro atoms. The monoisotopic (exact) mass is 537 g/mol. The molecule has 4 aromatic rings. The third-order valence-electron chi connectivity index (χ3n) is 6.32. The number of aryl methyl sites for hydroxylation is 1. The molecule has 0 bridgehead atoms. The molecule has 2 heterocycles. The van der Waals surface area contributed by atoms with Gasteiger partial charge in [0.05, 0.1) is 27.2 Å². The molecular formula is C26H24BrN3O3S. The SMILES string of the molecule is CCc1ccc2nc(CN3CCc4c(cccc4S(=O)(=O)c4ccc(Br)cc4)C3)[nH]c(=O)c2c1. The minimum atomic E-state index is -3.61. The highest BCUT2D eigenvalue weighted by atomic mass is 79.9. The number of aromatic amines is 1. The number of sulfone groups is 1. The number of hydrogen-bond donors (Lipinski definition) is 1. The number of benzene rings is 3. The summed E-state index contributed by atoms with van der Waals surface area (Å²) in [7, 11) is -3.61. The Balaban J connectivity index is 1.41. The molecule has 3 aromatic carbocycles. The van der Waals surface area contributed by atoms with Gasteiger partial charge in [0.1, 0.15) is 5.82 Å². The molecule has 6 nitrogen and oxygen atoms in total. The predicted octanol–water partition coefficient (Wildman–Crippen LogP) is 4.64. The van der Waals surface area contributed by atoms with Gasteiger partial charge in [-0.15, -0.1) is 0 Å². The van der Waals surface area contributed by atoms with E-state index in [1.165, 1.54) is 0 Å². The number of aromatic nitrogens is 2. The topological polar surface area (TPSA) is 83.1 Å². The zero-order valence-electron chi connectivity index (χ0n) is 18.7. The maximum atomic E-state index is 13.3. The minimum Gasteiger partial charge on any atom is -0.309 e. The van der Waals surface area contributed by atoms with E-state index < -0.39 is 9.84 Å². The van der Waals surface area contributed by atoms with Gasteiger partial charge in [0.15, 0.2) is 0 Å². The van der Waals surface area contributed by atoms with Gasteiger partial charge >= 0.3 is 0 Å². The van der Waals surface area contributed by atoms with E-state index in [1.54, 1.807) is 36.4 Å². The second kappa shape index (κ2) is 9.09. The lowest BCUT2D eigenvalue weighted by Gasteiger charge is -2.29. The van der Waals surface area contributed by atoms with Crippen LogP contribution in [-0.4, -0.2) is 29.8 Å². The molecule has 8 heteroatoms. The molecule has 0 amide bonds. The normalized spacial score (nSPS) is 14.3. The first-order valence-corrected chi connectivity index (χ1v) is 13.5. The Morgan fingerprint density at radius 3 is 2.65 bits per heavy atom. The number of nitrogens with one attached hydrogen (secondary N) is 1. The van der Waals surface area contributed by atoms with Crippen molar-refractivity contribution in [2.75, 3.05) is 6.54 Å². The van der Waals surface area contributed by atoms with Crippen LogP contribution in [0, 0.1) is 0 Å². The number of rotatable bonds is 5. The average molecular weight is 538 g/mol. The van der Waals surface area contributed by atoms with Crippen LogP contribution in [0.15, 0.2) is 79.7 Å². The lowest BCUT2D eigenvalue weighted by atomic mass is 10.00. The van der Waals surface area contributed by atoms with E-state index in [9.17, 15) is 13.2 Å². The summed E-state index contributed by atoms with van der Waals surface area (Å²) in [5.74, 6) is 0.615. The molecule has 1 aliphatic rings. The number of hydrogen-bond acceptors (Lipinski definition) is 5. The van der Waals surface area contributed by atoms with Crippen LogP contribution in [0.3, 0.4) is 0 Å². The van der Waals surface area contributed by atoms with Crippen LogP contribution in [0.2, 0.25) is 0 Å². The van der Waals surface area contributed by atoms with Crippen molar-refractivity contribution in [2.45, 2.75) is 42.6 Å². The Kier molecular flexibility index (Phi) is 6.14. The fourth-order valence-corrected chi connectivity index (χ4v) is 6.33. The third-order valence-corrected chi connectivity index (χ3v) is 8.70. The van der Waals surface area contributed by atoms with Gasteiger partial charge < -0.3 is 4.98 Å². The smallest absolute Gasteiger partial charge is 0.258 e. The first kappa shape index (κ1) is 23.0. The van der Waals surface area contributed by atoms with E-state index in [4.69, 9.17) is 0 Å². The van der Waals surface area contributed by atoms with E-state index in [-0.39, 0.29) is 10.5 Å². The van der Waals surface area contributed by atoms with E-state index >= 15 is 0 Å². The molecule has 0 saturated heterocycles. The van der Waals surface area contributed by atoms with Gasteiger partial charge in [-0.2, -0.15) is 0 Å². The summed E-state index contributed by atoms with van der Waals surface area (Å²) < 4.78 is 27.5. The van der Waals surface area contributed by atoms with E-state index in [0.29, 0.717) is 47.7 Å². The molecular weight excluding hydrogens is 514 g/mol. The van der Waals surface area contributed by atoms with Gasteiger partial charge in [-0.3, -0.25) is 9.69 Å². The summed E-state index contributed by atoms with van der Waals surface area (Å²) in [6.07, 6.45) is 1.47. The molecule has 0 saturated carbocycles. The number of nitrogens with zero attached hydrogens (tertiary/aromatic N) is 2. The van der Waals surface area contributed by atoms with Gasteiger partial charge in [0.25, 0.3) is 5.56 Å². The molecule has 0 radical (unpaired) electrons. The Labute approximate surface area is 206 Å². The summed E-state index contributed by atoms with van der Waals surface area (Å²) in [5.41, 5.74) is 3.52. The molecule has 0 aliphatic carbocycles. The number of halogens is 1. The first-order valence-electron chi connectivity index (χ1n) is 11.2. The standard InChI is InChI=1S/C26H24BrN3O3S/c1-2-17-6-11-23-22(14-17)26(31)29-25(28-23)16-30-13-12-21-18(15-30)4-3-5-24(21)34(32,33)20-9-7-19(27)8-10-20/h3-11,14H,2,12-13,15-16H2,1H3,(H,28,29,31). The molecule has 34 heavy (non-hydrogen) atoms. The largest absolute Gasteiger partial charge is 0.309 e. The van der Waals surface area contributed by atoms with Crippen LogP contribution in [-0.2, 0) is 35.8 Å². The Morgan fingerprint density at radius 1 is 1.09 bits per heavy atom. The van der Waals surface area contributed by atoms with Gasteiger partial charge in [0.2, 0.25) is 9.84 Å². The Hall–Kier alpha value is -2.81. The number of fused-ring (bicyclic) bond motifs is 2. The summed E-state index contributed by atoms with van der Waals surface area (Å²) >= 11 is 3.36. The molecule has 0 fully saturated rings. The van der Waals surface area contributed by atoms with E-state index in [0.717, 1.165) is 27.6 Å². The second-order valence-corrected chi connectivity index (χ2v) is 11.4.